The second-order valence-electron chi connectivity index (χ2n) is 5.54. The normalized spacial score (nSPS) is 11.2. The van der Waals surface area contributed by atoms with Crippen LogP contribution in [0.5, 0.6) is 0 Å². The Kier molecular flexibility index (Phi) is 9.93. The molecule has 1 aromatic carbocycles. The minimum Gasteiger partial charge on any atom is -0.361 e. The second kappa shape index (κ2) is 11.4. The maximum Gasteiger partial charge on any atom is 0.191 e. The molecule has 0 saturated carbocycles. The molecule has 0 saturated heterocycles. The van der Waals surface area contributed by atoms with E-state index in [1.165, 1.54) is 6.07 Å². The van der Waals surface area contributed by atoms with Crippen LogP contribution >= 0.6 is 35.6 Å². The Hall–Kier alpha value is -1.35. The first-order valence-electron chi connectivity index (χ1n) is 8.51. The number of guanidine groups is 1. The molecule has 0 atom stereocenters. The Morgan fingerprint density at radius 3 is 2.62 bits per heavy atom. The van der Waals surface area contributed by atoms with Crippen LogP contribution in [0.3, 0.4) is 0 Å². The third-order valence-corrected chi connectivity index (χ3v) is 4.08. The fourth-order valence-electron chi connectivity index (χ4n) is 2.46. The topological polar surface area (TPSA) is 62.5 Å². The lowest BCUT2D eigenvalue weighted by molar-refractivity contribution is 0.380. The fourth-order valence-corrected chi connectivity index (χ4v) is 2.66. The van der Waals surface area contributed by atoms with E-state index in [9.17, 15) is 4.39 Å². The molecule has 0 spiro atoms. The van der Waals surface area contributed by atoms with Crippen LogP contribution in [-0.2, 0) is 25.9 Å². The van der Waals surface area contributed by atoms with E-state index in [-0.39, 0.29) is 29.0 Å². The van der Waals surface area contributed by atoms with Crippen molar-refractivity contribution in [1.82, 2.24) is 15.8 Å². The number of aromatic nitrogens is 1. The molecule has 0 radical (unpaired) electrons. The summed E-state index contributed by atoms with van der Waals surface area (Å²) in [5.74, 6) is 1.14. The van der Waals surface area contributed by atoms with Crippen molar-refractivity contribution >= 4 is 41.5 Å². The highest BCUT2D eigenvalue weighted by atomic mass is 127. The molecular weight excluding hydrogens is 470 g/mol. The van der Waals surface area contributed by atoms with Gasteiger partial charge in [0.2, 0.25) is 0 Å². The first kappa shape index (κ1) is 22.7. The SMILES string of the molecule is CCNC(=NCc1ccc(F)c(Cl)c1)NCc1c(CC)noc1CC.I. The molecule has 0 aliphatic carbocycles. The molecule has 144 valence electrons. The smallest absolute Gasteiger partial charge is 0.191 e. The van der Waals surface area contributed by atoms with Crippen molar-refractivity contribution in [2.75, 3.05) is 6.54 Å². The Balaban J connectivity index is 0.00000338. The summed E-state index contributed by atoms with van der Waals surface area (Å²) in [6.45, 7) is 7.83. The van der Waals surface area contributed by atoms with Crippen LogP contribution in [0.15, 0.2) is 27.7 Å². The van der Waals surface area contributed by atoms with Gasteiger partial charge < -0.3 is 15.2 Å². The molecule has 0 amide bonds. The largest absolute Gasteiger partial charge is 0.361 e. The molecule has 0 unspecified atom stereocenters. The standard InChI is InChI=1S/C18H24ClFN4O.HI/c1-4-16-13(17(5-2)25-24-16)11-23-18(21-6-3)22-10-12-7-8-15(20)14(19)9-12;/h7-9H,4-6,10-11H2,1-3H3,(H2,21,22,23);1H. The van der Waals surface area contributed by atoms with E-state index in [0.29, 0.717) is 19.0 Å². The summed E-state index contributed by atoms with van der Waals surface area (Å²) in [6.07, 6.45) is 1.62. The van der Waals surface area contributed by atoms with Gasteiger partial charge in [-0.1, -0.05) is 36.7 Å². The molecule has 5 nitrogen and oxygen atoms in total. The number of halogens is 3. The van der Waals surface area contributed by atoms with Gasteiger partial charge in [0.25, 0.3) is 0 Å². The van der Waals surface area contributed by atoms with E-state index >= 15 is 0 Å². The van der Waals surface area contributed by atoms with E-state index in [0.717, 1.165) is 42.0 Å². The van der Waals surface area contributed by atoms with Crippen molar-refractivity contribution < 1.29 is 8.91 Å². The molecule has 1 heterocycles. The first-order valence-corrected chi connectivity index (χ1v) is 8.89. The number of hydrogen-bond donors (Lipinski definition) is 2. The van der Waals surface area contributed by atoms with Crippen molar-refractivity contribution in [3.63, 3.8) is 0 Å². The summed E-state index contributed by atoms with van der Waals surface area (Å²) in [5, 5.41) is 10.7. The van der Waals surface area contributed by atoms with Crippen LogP contribution < -0.4 is 10.6 Å². The Morgan fingerprint density at radius 2 is 2.00 bits per heavy atom. The quantitative estimate of drug-likeness (QED) is 0.339. The number of aliphatic imine (C=N–C) groups is 1. The maximum absolute atomic E-state index is 13.2. The average Bonchev–Trinajstić information content (AvgIpc) is 3.02. The number of rotatable bonds is 7. The highest BCUT2D eigenvalue weighted by molar-refractivity contribution is 14.0. The zero-order valence-electron chi connectivity index (χ0n) is 15.2. The van der Waals surface area contributed by atoms with Crippen LogP contribution in [0.1, 0.15) is 43.4 Å². The number of benzene rings is 1. The van der Waals surface area contributed by atoms with Gasteiger partial charge in [-0.25, -0.2) is 9.38 Å². The van der Waals surface area contributed by atoms with E-state index in [4.69, 9.17) is 16.1 Å². The number of aryl methyl sites for hydroxylation is 2. The monoisotopic (exact) mass is 494 g/mol. The van der Waals surface area contributed by atoms with Gasteiger partial charge in [-0.15, -0.1) is 24.0 Å². The summed E-state index contributed by atoms with van der Waals surface area (Å²) in [5.41, 5.74) is 2.89. The van der Waals surface area contributed by atoms with Crippen LogP contribution in [-0.4, -0.2) is 17.7 Å². The Bertz CT molecular complexity index is 714. The highest BCUT2D eigenvalue weighted by Gasteiger charge is 2.13. The third kappa shape index (κ3) is 6.12. The first-order chi connectivity index (χ1) is 12.1. The molecule has 0 fully saturated rings. The van der Waals surface area contributed by atoms with Gasteiger partial charge in [0.05, 0.1) is 17.3 Å². The zero-order chi connectivity index (χ0) is 18.2. The average molecular weight is 495 g/mol. The van der Waals surface area contributed by atoms with Crippen molar-refractivity contribution in [2.24, 2.45) is 4.99 Å². The summed E-state index contributed by atoms with van der Waals surface area (Å²) < 4.78 is 18.6. The van der Waals surface area contributed by atoms with Gasteiger partial charge in [-0.2, -0.15) is 0 Å². The van der Waals surface area contributed by atoms with Crippen molar-refractivity contribution in [3.05, 3.63) is 51.6 Å². The van der Waals surface area contributed by atoms with Gasteiger partial charge >= 0.3 is 0 Å². The molecular formula is C18H25ClFIN4O. The van der Waals surface area contributed by atoms with E-state index in [1.807, 2.05) is 13.8 Å². The number of nitrogens with zero attached hydrogens (tertiary/aromatic N) is 2. The molecule has 26 heavy (non-hydrogen) atoms. The van der Waals surface area contributed by atoms with E-state index < -0.39 is 5.82 Å². The minimum absolute atomic E-state index is 0. The van der Waals surface area contributed by atoms with Gasteiger partial charge in [0.1, 0.15) is 11.6 Å². The summed E-state index contributed by atoms with van der Waals surface area (Å²) in [4.78, 5) is 4.53. The minimum atomic E-state index is -0.425. The van der Waals surface area contributed by atoms with Crippen molar-refractivity contribution in [2.45, 2.75) is 46.7 Å². The molecule has 1 aromatic heterocycles. The third-order valence-electron chi connectivity index (χ3n) is 3.79. The Labute approximate surface area is 175 Å². The van der Waals surface area contributed by atoms with Gasteiger partial charge in [0, 0.05) is 25.1 Å². The molecule has 2 N–H and O–H groups in total. The number of nitrogens with one attached hydrogen (secondary N) is 2. The van der Waals surface area contributed by atoms with Crippen LogP contribution in [0.25, 0.3) is 0 Å². The molecule has 0 bridgehead atoms. The maximum atomic E-state index is 13.2. The van der Waals surface area contributed by atoms with Crippen molar-refractivity contribution in [1.29, 1.82) is 0 Å². The predicted octanol–water partition coefficient (Wildman–Crippen LogP) is 4.47. The highest BCUT2D eigenvalue weighted by Crippen LogP contribution is 2.17. The lowest BCUT2D eigenvalue weighted by Crippen LogP contribution is -2.37. The lowest BCUT2D eigenvalue weighted by Gasteiger charge is -2.12. The van der Waals surface area contributed by atoms with Gasteiger partial charge in [0.15, 0.2) is 5.96 Å². The molecule has 2 aromatic rings. The van der Waals surface area contributed by atoms with Crippen LogP contribution in [0, 0.1) is 5.82 Å². The van der Waals surface area contributed by atoms with Crippen LogP contribution in [0.4, 0.5) is 4.39 Å². The summed E-state index contributed by atoms with van der Waals surface area (Å²) in [7, 11) is 0. The number of hydrogen-bond acceptors (Lipinski definition) is 3. The molecule has 0 aliphatic heterocycles. The predicted molar refractivity (Wildman–Crippen MR) is 114 cm³/mol. The van der Waals surface area contributed by atoms with Crippen molar-refractivity contribution in [3.8, 4) is 0 Å². The zero-order valence-corrected chi connectivity index (χ0v) is 18.3. The fraction of sp³-hybridized carbons (Fsp3) is 0.444. The van der Waals surface area contributed by atoms with E-state index in [1.54, 1.807) is 12.1 Å². The lowest BCUT2D eigenvalue weighted by atomic mass is 10.1. The van der Waals surface area contributed by atoms with Crippen LogP contribution in [0.2, 0.25) is 5.02 Å². The second-order valence-corrected chi connectivity index (χ2v) is 5.94. The molecule has 0 aliphatic rings. The van der Waals surface area contributed by atoms with Gasteiger partial charge in [-0.05, 0) is 31.0 Å². The Morgan fingerprint density at radius 1 is 1.23 bits per heavy atom. The molecule has 8 heteroatoms. The summed E-state index contributed by atoms with van der Waals surface area (Å²) >= 11 is 5.81. The van der Waals surface area contributed by atoms with Gasteiger partial charge in [-0.3, -0.25) is 0 Å². The van der Waals surface area contributed by atoms with E-state index in [2.05, 4.69) is 27.7 Å². The molecule has 2 rings (SSSR count). The summed E-state index contributed by atoms with van der Waals surface area (Å²) in [6, 6.07) is 4.62.